The van der Waals surface area contributed by atoms with E-state index in [0.29, 0.717) is 17.9 Å². The van der Waals surface area contributed by atoms with E-state index < -0.39 is 35.7 Å². The number of aliphatic carboxylic acids is 1. The molecule has 32 heavy (non-hydrogen) atoms. The lowest BCUT2D eigenvalue weighted by atomic mass is 9.82. The number of ether oxygens (including phenoxy) is 1. The van der Waals surface area contributed by atoms with Gasteiger partial charge in [0.05, 0.1) is 29.7 Å². The number of aliphatic hydroxyl groups excluding tert-OH is 1. The Morgan fingerprint density at radius 1 is 1.19 bits per heavy atom. The third kappa shape index (κ3) is 8.88. The maximum absolute atomic E-state index is 12.4. The van der Waals surface area contributed by atoms with Crippen LogP contribution in [0.4, 0.5) is 4.79 Å². The summed E-state index contributed by atoms with van der Waals surface area (Å²) in [6.45, 7) is 5.32. The fraction of sp³-hybridized carbons (Fsp3) is 0.640. The summed E-state index contributed by atoms with van der Waals surface area (Å²) in [5, 5.41) is 32.5. The summed E-state index contributed by atoms with van der Waals surface area (Å²) in [6.07, 6.45) is 4.81. The van der Waals surface area contributed by atoms with Crippen LogP contribution >= 0.6 is 0 Å². The van der Waals surface area contributed by atoms with Crippen LogP contribution < -0.4 is 5.32 Å². The highest BCUT2D eigenvalue weighted by Crippen LogP contribution is 2.29. The summed E-state index contributed by atoms with van der Waals surface area (Å²) < 4.78 is 5.37. The molecule has 1 aromatic rings. The molecule has 0 aromatic heterocycles. The van der Waals surface area contributed by atoms with Crippen molar-refractivity contribution in [3.8, 4) is 6.07 Å². The normalized spacial score (nSPS) is 17.6. The third-order valence-corrected chi connectivity index (χ3v) is 5.92. The minimum atomic E-state index is -1.01. The van der Waals surface area contributed by atoms with Crippen molar-refractivity contribution in [2.45, 2.75) is 89.9 Å². The van der Waals surface area contributed by atoms with Gasteiger partial charge < -0.3 is 20.3 Å². The van der Waals surface area contributed by atoms with Gasteiger partial charge in [-0.25, -0.2) is 4.79 Å². The summed E-state index contributed by atoms with van der Waals surface area (Å²) in [5.74, 6) is -1.42. The van der Waals surface area contributed by atoms with Crippen molar-refractivity contribution in [3.63, 3.8) is 0 Å². The molecule has 7 nitrogen and oxygen atoms in total. The first-order valence-corrected chi connectivity index (χ1v) is 11.5. The molecule has 0 radical (unpaired) electrons. The van der Waals surface area contributed by atoms with Crippen LogP contribution in [0, 0.1) is 23.2 Å². The van der Waals surface area contributed by atoms with Crippen LogP contribution in [-0.4, -0.2) is 40.0 Å². The van der Waals surface area contributed by atoms with Crippen LogP contribution in [0.5, 0.6) is 0 Å². The van der Waals surface area contributed by atoms with Crippen LogP contribution in [0.2, 0.25) is 0 Å². The molecule has 3 N–H and O–H groups in total. The lowest BCUT2D eigenvalue weighted by molar-refractivity contribution is -0.143. The van der Waals surface area contributed by atoms with Crippen LogP contribution in [0.3, 0.4) is 0 Å². The number of hydrogen-bond acceptors (Lipinski definition) is 5. The molecular weight excluding hydrogens is 408 g/mol. The van der Waals surface area contributed by atoms with Crippen molar-refractivity contribution in [2.24, 2.45) is 11.8 Å². The highest BCUT2D eigenvalue weighted by molar-refractivity contribution is 5.70. The maximum atomic E-state index is 12.4. The quantitative estimate of drug-likeness (QED) is 0.519. The van der Waals surface area contributed by atoms with Crippen molar-refractivity contribution in [1.29, 1.82) is 5.26 Å². The number of carboxylic acids is 1. The number of carbonyl (C=O) groups is 2. The van der Waals surface area contributed by atoms with E-state index in [0.717, 1.165) is 31.2 Å². The number of hydrogen-bond donors (Lipinski definition) is 3. The molecule has 0 bridgehead atoms. The standard InChI is InChI=1S/C25H36N2O5/c1-25(2,3)32-24(31)27-21(14-17-7-5-4-6-8-17)22(28)15-20(23(29)30)13-18-9-11-19(16-26)12-10-18/h9-12,17,20-22,28H,4-8,13-15H2,1-3H3,(H,27,31)(H,29,30)/t20-,21+,22+/m1/s1. The molecule has 1 aliphatic rings. The average molecular weight is 445 g/mol. The molecule has 1 fully saturated rings. The number of rotatable bonds is 9. The van der Waals surface area contributed by atoms with Gasteiger partial charge in [0.2, 0.25) is 0 Å². The van der Waals surface area contributed by atoms with Gasteiger partial charge >= 0.3 is 12.1 Å². The minimum absolute atomic E-state index is 0.0164. The topological polar surface area (TPSA) is 120 Å². The fourth-order valence-corrected chi connectivity index (χ4v) is 4.28. The van der Waals surface area contributed by atoms with Crippen molar-refractivity contribution < 1.29 is 24.5 Å². The molecule has 2 rings (SSSR count). The lowest BCUT2D eigenvalue weighted by Crippen LogP contribution is -2.47. The number of nitrogens with zero attached hydrogens (tertiary/aromatic N) is 1. The number of carboxylic acid groups (broad SMARTS) is 1. The molecule has 0 spiro atoms. The third-order valence-electron chi connectivity index (χ3n) is 5.92. The molecule has 0 unspecified atom stereocenters. The second-order valence-electron chi connectivity index (χ2n) is 9.84. The molecule has 1 aromatic carbocycles. The van der Waals surface area contributed by atoms with Crippen molar-refractivity contribution in [3.05, 3.63) is 35.4 Å². The molecule has 3 atom stereocenters. The predicted octanol–water partition coefficient (Wildman–Crippen LogP) is 4.42. The molecule has 176 valence electrons. The first kappa shape index (κ1) is 25.7. The zero-order valence-electron chi connectivity index (χ0n) is 19.3. The van der Waals surface area contributed by atoms with Crippen LogP contribution in [-0.2, 0) is 16.0 Å². The lowest BCUT2D eigenvalue weighted by Gasteiger charge is -2.32. The first-order chi connectivity index (χ1) is 15.1. The SMILES string of the molecule is CC(C)(C)OC(=O)N[C@@H](CC1CCCCC1)[C@@H](O)C[C@@H](Cc1ccc(C#N)cc1)C(=O)O. The number of amides is 1. The highest BCUT2D eigenvalue weighted by Gasteiger charge is 2.31. The maximum Gasteiger partial charge on any atom is 0.407 e. The van der Waals surface area contributed by atoms with E-state index in [1.807, 2.05) is 6.07 Å². The zero-order chi connectivity index (χ0) is 23.7. The molecule has 0 aliphatic heterocycles. The number of nitrogens with one attached hydrogen (secondary N) is 1. The van der Waals surface area contributed by atoms with Gasteiger partial charge in [-0.3, -0.25) is 4.79 Å². The number of benzene rings is 1. The second kappa shape index (κ2) is 11.9. The molecule has 1 aliphatic carbocycles. The van der Waals surface area contributed by atoms with E-state index in [4.69, 9.17) is 10.00 Å². The monoisotopic (exact) mass is 444 g/mol. The van der Waals surface area contributed by atoms with Gasteiger partial charge in [-0.2, -0.15) is 5.26 Å². The highest BCUT2D eigenvalue weighted by atomic mass is 16.6. The Balaban J connectivity index is 2.09. The smallest absolute Gasteiger partial charge is 0.407 e. The van der Waals surface area contributed by atoms with E-state index in [1.165, 1.54) is 6.42 Å². The molecule has 1 saturated carbocycles. The van der Waals surface area contributed by atoms with Crippen molar-refractivity contribution in [1.82, 2.24) is 5.32 Å². The number of nitriles is 1. The summed E-state index contributed by atoms with van der Waals surface area (Å²) >= 11 is 0. The summed E-state index contributed by atoms with van der Waals surface area (Å²) in [5.41, 5.74) is 0.631. The Kier molecular flexibility index (Phi) is 9.52. The summed E-state index contributed by atoms with van der Waals surface area (Å²) in [6, 6.07) is 8.25. The van der Waals surface area contributed by atoms with Crippen LogP contribution in [0.25, 0.3) is 0 Å². The van der Waals surface area contributed by atoms with Gasteiger partial charge in [0, 0.05) is 0 Å². The van der Waals surface area contributed by atoms with Crippen molar-refractivity contribution >= 4 is 12.1 Å². The number of carbonyl (C=O) groups excluding carboxylic acids is 1. The molecule has 1 amide bonds. The Morgan fingerprint density at radius 2 is 1.81 bits per heavy atom. The molecule has 7 heteroatoms. The van der Waals surface area contributed by atoms with Gasteiger partial charge in [-0.1, -0.05) is 44.2 Å². The number of aliphatic hydroxyl groups is 1. The van der Waals surface area contributed by atoms with E-state index in [1.54, 1.807) is 45.0 Å². The fourth-order valence-electron chi connectivity index (χ4n) is 4.28. The van der Waals surface area contributed by atoms with Gasteiger partial charge in [0.15, 0.2) is 0 Å². The molecule has 0 heterocycles. The Bertz CT molecular complexity index is 788. The van der Waals surface area contributed by atoms with E-state index in [-0.39, 0.29) is 12.8 Å². The van der Waals surface area contributed by atoms with Crippen LogP contribution in [0.1, 0.15) is 76.8 Å². The van der Waals surface area contributed by atoms with E-state index in [9.17, 15) is 19.8 Å². The van der Waals surface area contributed by atoms with Crippen LogP contribution in [0.15, 0.2) is 24.3 Å². The summed E-state index contributed by atoms with van der Waals surface area (Å²) in [4.78, 5) is 24.3. The second-order valence-corrected chi connectivity index (χ2v) is 9.84. The Labute approximate surface area is 190 Å². The first-order valence-electron chi connectivity index (χ1n) is 11.5. The summed E-state index contributed by atoms with van der Waals surface area (Å²) in [7, 11) is 0. The van der Waals surface area contributed by atoms with Gasteiger partial charge in [-0.15, -0.1) is 0 Å². The zero-order valence-corrected chi connectivity index (χ0v) is 19.3. The Morgan fingerprint density at radius 3 is 2.34 bits per heavy atom. The van der Waals surface area contributed by atoms with Gasteiger partial charge in [-0.05, 0) is 63.6 Å². The molecular formula is C25H36N2O5. The Hall–Kier alpha value is -2.59. The van der Waals surface area contributed by atoms with E-state index in [2.05, 4.69) is 5.32 Å². The van der Waals surface area contributed by atoms with Gasteiger partial charge in [0.25, 0.3) is 0 Å². The minimum Gasteiger partial charge on any atom is -0.481 e. The van der Waals surface area contributed by atoms with Gasteiger partial charge in [0.1, 0.15) is 5.60 Å². The van der Waals surface area contributed by atoms with Crippen molar-refractivity contribution in [2.75, 3.05) is 0 Å². The largest absolute Gasteiger partial charge is 0.481 e. The number of alkyl carbamates (subject to hydrolysis) is 1. The average Bonchev–Trinajstić information content (AvgIpc) is 2.72. The predicted molar refractivity (Wildman–Crippen MR) is 121 cm³/mol. The molecule has 0 saturated heterocycles. The van der Waals surface area contributed by atoms with E-state index >= 15 is 0 Å².